The zero-order valence-corrected chi connectivity index (χ0v) is 24.2. The van der Waals surface area contributed by atoms with Gasteiger partial charge in [-0.1, -0.05) is 26.0 Å². The molecule has 0 aliphatic carbocycles. The highest BCUT2D eigenvalue weighted by Crippen LogP contribution is 2.16. The van der Waals surface area contributed by atoms with Crippen LogP contribution in [-0.4, -0.2) is 106 Å². The topological polar surface area (TPSA) is 117 Å². The van der Waals surface area contributed by atoms with Gasteiger partial charge in [0.25, 0.3) is 5.91 Å². The molecule has 0 radical (unpaired) electrons. The summed E-state index contributed by atoms with van der Waals surface area (Å²) < 4.78 is 27.9. The molecular weight excluding hydrogens is 531 g/mol. The van der Waals surface area contributed by atoms with Crippen molar-refractivity contribution in [1.29, 1.82) is 0 Å². The lowest BCUT2D eigenvalue weighted by atomic mass is 10.1. The van der Waals surface area contributed by atoms with Crippen LogP contribution >= 0.6 is 0 Å². The van der Waals surface area contributed by atoms with Crippen LogP contribution in [0.2, 0.25) is 0 Å². The molecule has 10 nitrogen and oxygen atoms in total. The van der Waals surface area contributed by atoms with Crippen molar-refractivity contribution in [3.8, 4) is 0 Å². The van der Waals surface area contributed by atoms with Crippen molar-refractivity contribution in [1.82, 2.24) is 19.6 Å². The molecule has 1 aliphatic heterocycles. The molecule has 41 heavy (non-hydrogen) atoms. The van der Waals surface area contributed by atoms with Gasteiger partial charge in [-0.05, 0) is 49.5 Å². The SMILES string of the molecule is CC(C)CCO[C@@H]1CN(C(=O)c2ccccc2F)CCN(C(=O)/C=C/c2ccnn2C)CCCCOC[C@@H](O)[C@H]1O. The van der Waals surface area contributed by atoms with Crippen LogP contribution in [-0.2, 0) is 21.3 Å². The van der Waals surface area contributed by atoms with E-state index in [1.165, 1.54) is 29.2 Å². The highest BCUT2D eigenvalue weighted by atomic mass is 19.1. The number of carbonyl (C=O) groups excluding carboxylic acids is 2. The number of nitrogens with zero attached hydrogens (tertiary/aromatic N) is 4. The van der Waals surface area contributed by atoms with Gasteiger partial charge >= 0.3 is 0 Å². The van der Waals surface area contributed by atoms with Crippen molar-refractivity contribution in [3.05, 3.63) is 59.7 Å². The molecule has 11 heteroatoms. The summed E-state index contributed by atoms with van der Waals surface area (Å²) >= 11 is 0. The van der Waals surface area contributed by atoms with Crippen molar-refractivity contribution in [2.45, 2.75) is 51.4 Å². The molecule has 2 heterocycles. The molecule has 0 saturated carbocycles. The third kappa shape index (κ3) is 10.0. The maximum Gasteiger partial charge on any atom is 0.256 e. The fourth-order valence-corrected chi connectivity index (χ4v) is 4.45. The molecule has 1 saturated heterocycles. The fraction of sp³-hybridized carbons (Fsp3) is 0.567. The number of aromatic nitrogens is 2. The van der Waals surface area contributed by atoms with Crippen molar-refractivity contribution < 1.29 is 33.7 Å². The second-order valence-electron chi connectivity index (χ2n) is 10.7. The molecule has 226 valence electrons. The lowest BCUT2D eigenvalue weighted by Crippen LogP contribution is -2.51. The van der Waals surface area contributed by atoms with E-state index in [0.29, 0.717) is 44.9 Å². The molecule has 1 aromatic carbocycles. The number of aliphatic hydroxyl groups excluding tert-OH is 2. The normalized spacial score (nSPS) is 21.8. The Balaban J connectivity index is 1.88. The zero-order chi connectivity index (χ0) is 29.8. The predicted octanol–water partition coefficient (Wildman–Crippen LogP) is 2.51. The lowest BCUT2D eigenvalue weighted by molar-refractivity contribution is -0.127. The zero-order valence-electron chi connectivity index (χ0n) is 24.2. The maximum atomic E-state index is 14.7. The number of rotatable bonds is 7. The minimum absolute atomic E-state index is 0.0712. The molecule has 3 atom stereocenters. The van der Waals surface area contributed by atoms with Crippen LogP contribution in [0.5, 0.6) is 0 Å². The predicted molar refractivity (Wildman–Crippen MR) is 152 cm³/mol. The highest BCUT2D eigenvalue weighted by Gasteiger charge is 2.32. The average molecular weight is 575 g/mol. The average Bonchev–Trinajstić information content (AvgIpc) is 3.36. The van der Waals surface area contributed by atoms with Crippen LogP contribution in [0.15, 0.2) is 42.6 Å². The second-order valence-corrected chi connectivity index (χ2v) is 10.7. The van der Waals surface area contributed by atoms with Crippen molar-refractivity contribution >= 4 is 17.9 Å². The first-order valence-electron chi connectivity index (χ1n) is 14.2. The van der Waals surface area contributed by atoms with Gasteiger partial charge in [-0.25, -0.2) is 4.39 Å². The summed E-state index contributed by atoms with van der Waals surface area (Å²) in [5, 5.41) is 25.8. The first-order chi connectivity index (χ1) is 19.7. The van der Waals surface area contributed by atoms with Crippen LogP contribution in [0, 0.1) is 11.7 Å². The Morgan fingerprint density at radius 2 is 1.90 bits per heavy atom. The highest BCUT2D eigenvalue weighted by molar-refractivity contribution is 5.94. The van der Waals surface area contributed by atoms with Gasteiger partial charge < -0.3 is 29.5 Å². The molecule has 0 bridgehead atoms. The summed E-state index contributed by atoms with van der Waals surface area (Å²) in [7, 11) is 1.78. The summed E-state index contributed by atoms with van der Waals surface area (Å²) in [5.74, 6) is -1.16. The van der Waals surface area contributed by atoms with E-state index in [9.17, 15) is 24.2 Å². The minimum atomic E-state index is -1.35. The van der Waals surface area contributed by atoms with Crippen LogP contribution in [0.25, 0.3) is 6.08 Å². The van der Waals surface area contributed by atoms with E-state index < -0.39 is 30.0 Å². The van der Waals surface area contributed by atoms with Crippen molar-refractivity contribution in [3.63, 3.8) is 0 Å². The number of amides is 2. The van der Waals surface area contributed by atoms with Gasteiger partial charge in [-0.2, -0.15) is 5.10 Å². The van der Waals surface area contributed by atoms with E-state index in [1.807, 2.05) is 13.8 Å². The number of hydrogen-bond donors (Lipinski definition) is 2. The smallest absolute Gasteiger partial charge is 0.256 e. The van der Waals surface area contributed by atoms with E-state index in [0.717, 1.165) is 5.69 Å². The third-order valence-corrected chi connectivity index (χ3v) is 7.06. The van der Waals surface area contributed by atoms with E-state index >= 15 is 0 Å². The first-order valence-corrected chi connectivity index (χ1v) is 14.2. The van der Waals surface area contributed by atoms with Crippen LogP contribution in [0.1, 0.15) is 49.2 Å². The van der Waals surface area contributed by atoms with E-state index in [4.69, 9.17) is 9.47 Å². The van der Waals surface area contributed by atoms with Gasteiger partial charge in [0.2, 0.25) is 5.91 Å². The Morgan fingerprint density at radius 1 is 1.15 bits per heavy atom. The summed E-state index contributed by atoms with van der Waals surface area (Å²) in [5.41, 5.74) is 0.640. The van der Waals surface area contributed by atoms with Gasteiger partial charge in [0.15, 0.2) is 0 Å². The molecule has 1 aromatic heterocycles. The fourth-order valence-electron chi connectivity index (χ4n) is 4.45. The number of aryl methyl sites for hydroxylation is 1. The molecule has 0 unspecified atom stereocenters. The number of halogens is 1. The largest absolute Gasteiger partial charge is 0.388 e. The minimum Gasteiger partial charge on any atom is -0.388 e. The van der Waals surface area contributed by atoms with E-state index in [1.54, 1.807) is 41.0 Å². The molecule has 1 fully saturated rings. The van der Waals surface area contributed by atoms with Gasteiger partial charge in [-0.3, -0.25) is 14.3 Å². The Morgan fingerprint density at radius 3 is 2.61 bits per heavy atom. The van der Waals surface area contributed by atoms with Crippen LogP contribution in [0.3, 0.4) is 0 Å². The number of benzene rings is 1. The molecule has 3 rings (SSSR count). The molecule has 2 amide bonds. The Kier molecular flexibility index (Phi) is 12.9. The summed E-state index contributed by atoms with van der Waals surface area (Å²) in [6.45, 7) is 5.18. The van der Waals surface area contributed by atoms with Crippen LogP contribution in [0.4, 0.5) is 4.39 Å². The Labute approximate surface area is 241 Å². The molecular formula is C30H43FN4O6. The third-order valence-electron chi connectivity index (χ3n) is 7.06. The summed E-state index contributed by atoms with van der Waals surface area (Å²) in [6, 6.07) is 7.48. The van der Waals surface area contributed by atoms with Gasteiger partial charge in [0.05, 0.1) is 17.9 Å². The standard InChI is InChI=1S/C30H43FN4O6/c1-22(2)13-19-41-27-20-35(30(39)24-8-4-5-9-25(24)31)17-16-34(15-6-7-18-40-21-26(36)29(27)38)28(37)11-10-23-12-14-32-33(23)3/h4-5,8-12,14,22,26-27,29,36,38H,6-7,13,15-21H2,1-3H3/b11-10+/t26-,27-,29-/m1/s1. The number of aliphatic hydroxyl groups is 2. The summed E-state index contributed by atoms with van der Waals surface area (Å²) in [6.07, 6.45) is 3.23. The van der Waals surface area contributed by atoms with Gasteiger partial charge in [0, 0.05) is 58.7 Å². The molecule has 2 aromatic rings. The summed E-state index contributed by atoms with van der Waals surface area (Å²) in [4.78, 5) is 29.9. The lowest BCUT2D eigenvalue weighted by Gasteiger charge is -2.34. The Hall–Kier alpha value is -3.12. The Bertz CT molecular complexity index is 1140. The number of carbonyl (C=O) groups is 2. The second kappa shape index (κ2) is 16.4. The first kappa shape index (κ1) is 32.4. The number of ether oxygens (including phenoxy) is 2. The molecule has 0 spiro atoms. The van der Waals surface area contributed by atoms with Crippen LogP contribution < -0.4 is 0 Å². The maximum absolute atomic E-state index is 14.7. The van der Waals surface area contributed by atoms with Crippen molar-refractivity contribution in [2.24, 2.45) is 13.0 Å². The van der Waals surface area contributed by atoms with E-state index in [2.05, 4.69) is 5.10 Å². The molecule has 1 aliphatic rings. The van der Waals surface area contributed by atoms with Gasteiger partial charge in [-0.15, -0.1) is 0 Å². The quantitative estimate of drug-likeness (QED) is 0.488. The molecule has 2 N–H and O–H groups in total. The monoisotopic (exact) mass is 574 g/mol. The van der Waals surface area contributed by atoms with E-state index in [-0.39, 0.29) is 37.7 Å². The van der Waals surface area contributed by atoms with Crippen molar-refractivity contribution in [2.75, 3.05) is 46.0 Å². The number of hydrogen-bond acceptors (Lipinski definition) is 7. The van der Waals surface area contributed by atoms with Gasteiger partial charge in [0.1, 0.15) is 24.1 Å².